The third-order valence-electron chi connectivity index (χ3n) is 5.01. The Morgan fingerprint density at radius 2 is 2.27 bits per heavy atom. The van der Waals surface area contributed by atoms with Crippen molar-refractivity contribution >= 4 is 39.4 Å². The molecule has 4 nitrogen and oxygen atoms in total. The van der Waals surface area contributed by atoms with Gasteiger partial charge in [-0.2, -0.15) is 8.78 Å². The van der Waals surface area contributed by atoms with Crippen LogP contribution in [0.15, 0.2) is 36.7 Å². The molecule has 140 valence electrons. The lowest BCUT2D eigenvalue weighted by Gasteiger charge is -2.29. The summed E-state index contributed by atoms with van der Waals surface area (Å²) < 4.78 is 28.1. The Hall–Kier alpha value is -1.22. The average Bonchev–Trinajstić information content (AvgIpc) is 3.27. The summed E-state index contributed by atoms with van der Waals surface area (Å²) >= 11 is 7.03. The molecule has 1 saturated heterocycles. The first-order valence-corrected chi connectivity index (χ1v) is 9.57. The molecule has 0 aromatic carbocycles. The van der Waals surface area contributed by atoms with Gasteiger partial charge in [0.1, 0.15) is 5.17 Å². The summed E-state index contributed by atoms with van der Waals surface area (Å²) in [5, 5.41) is 7.97. The third kappa shape index (κ3) is 3.60. The zero-order valence-electron chi connectivity index (χ0n) is 14.4. The topological polar surface area (TPSA) is 49.2 Å². The van der Waals surface area contributed by atoms with Gasteiger partial charge in [-0.25, -0.2) is 4.98 Å². The lowest BCUT2D eigenvalue weighted by Crippen LogP contribution is -2.24. The van der Waals surface area contributed by atoms with Gasteiger partial charge in [0.25, 0.3) is 0 Å². The Labute approximate surface area is 169 Å². The van der Waals surface area contributed by atoms with Gasteiger partial charge < -0.3 is 9.64 Å². The number of allylic oxidation sites excluding steroid dienone is 1. The van der Waals surface area contributed by atoms with E-state index in [0.29, 0.717) is 12.1 Å². The van der Waals surface area contributed by atoms with Gasteiger partial charge >= 0.3 is 3.93 Å². The van der Waals surface area contributed by atoms with Gasteiger partial charge in [-0.1, -0.05) is 30.3 Å². The minimum atomic E-state index is -2.93. The Kier molecular flexibility index (Phi) is 5.07. The van der Waals surface area contributed by atoms with Crippen molar-refractivity contribution in [3.63, 3.8) is 0 Å². The van der Waals surface area contributed by atoms with E-state index in [4.69, 9.17) is 21.7 Å². The zero-order chi connectivity index (χ0) is 19.3. The number of rotatable bonds is 6. The molecule has 2 unspecified atom stereocenters. The summed E-state index contributed by atoms with van der Waals surface area (Å²) in [5.41, 5.74) is 2.24. The van der Waals surface area contributed by atoms with Gasteiger partial charge in [-0.05, 0) is 25.5 Å². The largest absolute Gasteiger partial charge is 0.470 e. The molecule has 1 spiro atoms. The van der Waals surface area contributed by atoms with E-state index in [2.05, 4.69) is 16.5 Å². The van der Waals surface area contributed by atoms with Gasteiger partial charge in [0, 0.05) is 52.5 Å². The first-order chi connectivity index (χ1) is 12.0. The van der Waals surface area contributed by atoms with Crippen molar-refractivity contribution < 1.29 is 13.5 Å². The molecule has 0 saturated carbocycles. The number of aryl methyl sites for hydroxylation is 1. The fourth-order valence-electron chi connectivity index (χ4n) is 3.40. The second-order valence-corrected chi connectivity index (χ2v) is 8.72. The predicted molar refractivity (Wildman–Crippen MR) is 106 cm³/mol. The number of hydrogen-bond donors (Lipinski definition) is 1. The molecule has 26 heavy (non-hydrogen) atoms. The molecule has 0 bridgehead atoms. The fraction of sp³-hybridized carbons (Fsp3) is 0.444. The van der Waals surface area contributed by atoms with Crippen molar-refractivity contribution in [2.75, 3.05) is 13.2 Å². The monoisotopic (exact) mass is 493 g/mol. The molecule has 2 heterocycles. The van der Waals surface area contributed by atoms with Crippen molar-refractivity contribution in [1.82, 2.24) is 9.88 Å². The molecule has 0 radical (unpaired) electrons. The highest BCUT2D eigenvalue weighted by Gasteiger charge is 2.54. The number of ether oxygens (including phenoxy) is 1. The minimum Gasteiger partial charge on any atom is -0.470 e. The summed E-state index contributed by atoms with van der Waals surface area (Å²) in [7, 11) is 0. The third-order valence-corrected chi connectivity index (χ3v) is 5.58. The van der Waals surface area contributed by atoms with Crippen LogP contribution in [0.5, 0.6) is 5.88 Å². The molecule has 8 heteroatoms. The van der Waals surface area contributed by atoms with E-state index in [0.717, 1.165) is 33.9 Å². The number of pyridine rings is 1. The second kappa shape index (κ2) is 6.74. The van der Waals surface area contributed by atoms with Gasteiger partial charge in [0.05, 0.1) is 11.5 Å². The van der Waals surface area contributed by atoms with Gasteiger partial charge in [0.15, 0.2) is 6.61 Å². The molecule has 1 aromatic heterocycles. The molecular formula is C18H19ClF2IN3O. The average molecular weight is 494 g/mol. The van der Waals surface area contributed by atoms with Crippen LogP contribution >= 0.6 is 34.2 Å². The highest BCUT2D eigenvalue weighted by Crippen LogP contribution is 2.57. The Morgan fingerprint density at radius 1 is 1.62 bits per heavy atom. The standard InChI is InChI=1S/C18H19ClF2IN3O/c1-10-6-13(7-24-16(10)26-9-18(20,21)22)11(2)25-8-14(15(19)23)17(4-5-17)12(25)3/h4-7,11,14,23H,3,8-9H2,1-2H3. The smallest absolute Gasteiger partial charge is 0.329 e. The summed E-state index contributed by atoms with van der Waals surface area (Å²) in [5.74, 6) is 0.0972. The van der Waals surface area contributed by atoms with E-state index in [1.165, 1.54) is 0 Å². The van der Waals surface area contributed by atoms with Crippen molar-refractivity contribution in [3.05, 3.63) is 47.8 Å². The van der Waals surface area contributed by atoms with E-state index >= 15 is 0 Å². The van der Waals surface area contributed by atoms with Crippen LogP contribution in [0.3, 0.4) is 0 Å². The van der Waals surface area contributed by atoms with Crippen LogP contribution in [0.4, 0.5) is 8.78 Å². The molecular weight excluding hydrogens is 475 g/mol. The maximum absolute atomic E-state index is 13.0. The van der Waals surface area contributed by atoms with Crippen LogP contribution in [0, 0.1) is 23.7 Å². The Morgan fingerprint density at radius 3 is 2.73 bits per heavy atom. The normalized spacial score (nSPS) is 22.0. The maximum Gasteiger partial charge on any atom is 0.329 e. The molecule has 1 fully saturated rings. The number of likely N-dealkylation sites (tertiary alicyclic amines) is 1. The molecule has 1 N–H and O–H groups in total. The summed E-state index contributed by atoms with van der Waals surface area (Å²) in [6.45, 7) is 7.90. The molecule has 1 aromatic rings. The van der Waals surface area contributed by atoms with Gasteiger partial charge in [-0.3, -0.25) is 5.41 Å². The first-order valence-electron chi connectivity index (χ1n) is 8.11. The minimum absolute atomic E-state index is 0.0333. The quantitative estimate of drug-likeness (QED) is 0.260. The van der Waals surface area contributed by atoms with Crippen molar-refractivity contribution in [3.8, 4) is 5.88 Å². The maximum atomic E-state index is 13.0. The van der Waals surface area contributed by atoms with Crippen LogP contribution in [0.1, 0.15) is 24.1 Å². The highest BCUT2D eigenvalue weighted by molar-refractivity contribution is 14.1. The molecule has 1 aliphatic heterocycles. The van der Waals surface area contributed by atoms with Crippen molar-refractivity contribution in [1.29, 1.82) is 5.41 Å². The van der Waals surface area contributed by atoms with E-state index in [-0.39, 0.29) is 28.4 Å². The number of hydrogen-bond acceptors (Lipinski definition) is 4. The van der Waals surface area contributed by atoms with E-state index < -0.39 is 10.5 Å². The van der Waals surface area contributed by atoms with Gasteiger partial charge in [-0.15, -0.1) is 0 Å². The lowest BCUT2D eigenvalue weighted by atomic mass is 9.89. The van der Waals surface area contributed by atoms with E-state index in [9.17, 15) is 8.78 Å². The van der Waals surface area contributed by atoms with Crippen LogP contribution in [0.2, 0.25) is 0 Å². The molecule has 0 amide bonds. The summed E-state index contributed by atoms with van der Waals surface area (Å²) in [6.07, 6.45) is 5.71. The van der Waals surface area contributed by atoms with Crippen molar-refractivity contribution in [2.24, 2.45) is 11.3 Å². The molecule has 2 aliphatic rings. The number of aromatic nitrogens is 1. The van der Waals surface area contributed by atoms with Crippen LogP contribution < -0.4 is 4.74 Å². The van der Waals surface area contributed by atoms with E-state index in [1.807, 2.05) is 25.1 Å². The molecule has 2 atom stereocenters. The van der Waals surface area contributed by atoms with Crippen LogP contribution in [-0.2, 0) is 0 Å². The lowest BCUT2D eigenvalue weighted by molar-refractivity contribution is 0.0622. The van der Waals surface area contributed by atoms with Crippen LogP contribution in [-0.4, -0.2) is 32.1 Å². The number of alkyl halides is 3. The number of halogens is 4. The molecule has 3 rings (SSSR count). The summed E-state index contributed by atoms with van der Waals surface area (Å²) in [6, 6.07) is 1.85. The van der Waals surface area contributed by atoms with E-state index in [1.54, 1.807) is 13.1 Å². The van der Waals surface area contributed by atoms with Crippen LogP contribution in [0.25, 0.3) is 0 Å². The second-order valence-electron chi connectivity index (χ2n) is 6.74. The Balaban J connectivity index is 1.76. The van der Waals surface area contributed by atoms with Gasteiger partial charge in [0.2, 0.25) is 5.88 Å². The number of nitrogens with one attached hydrogen (secondary N) is 1. The SMILES string of the molecule is C=C1N(C(C)c2cnc(OCC(F)(F)I)c(C)c2)CC(C(=N)Cl)C12C=C2. The predicted octanol–water partition coefficient (Wildman–Crippen LogP) is 5.08. The number of nitrogens with zero attached hydrogens (tertiary/aromatic N) is 2. The Bertz CT molecular complexity index is 787. The summed E-state index contributed by atoms with van der Waals surface area (Å²) in [4.78, 5) is 6.33. The first kappa shape index (κ1) is 19.5. The zero-order valence-corrected chi connectivity index (χ0v) is 17.3. The highest BCUT2D eigenvalue weighted by atomic mass is 127. The van der Waals surface area contributed by atoms with Crippen molar-refractivity contribution in [2.45, 2.75) is 23.8 Å². The molecule has 1 aliphatic carbocycles. The fourth-order valence-corrected chi connectivity index (χ4v) is 3.80.